The number of rotatable bonds is 3. The van der Waals surface area contributed by atoms with Crippen LogP contribution in [0.1, 0.15) is 31.5 Å². The number of nitrogens with zero attached hydrogens (tertiary/aromatic N) is 2. The molecule has 0 atom stereocenters. The summed E-state index contributed by atoms with van der Waals surface area (Å²) < 4.78 is 0. The molecule has 0 radical (unpaired) electrons. The van der Waals surface area contributed by atoms with Gasteiger partial charge in [-0.25, -0.2) is 4.98 Å². The van der Waals surface area contributed by atoms with Crippen molar-refractivity contribution in [3.8, 4) is 6.07 Å². The number of likely N-dealkylation sites (tertiary alicyclic amines) is 1. The summed E-state index contributed by atoms with van der Waals surface area (Å²) in [6.07, 6.45) is 4.71. The minimum atomic E-state index is -0.307. The lowest BCUT2D eigenvalue weighted by molar-refractivity contribution is -0.895. The molecule has 1 aromatic carbocycles. The van der Waals surface area contributed by atoms with Crippen LogP contribution in [0.25, 0.3) is 16.5 Å². The fraction of sp³-hybridized carbons (Fsp3) is 0.389. The molecule has 6 nitrogen and oxygen atoms in total. The monoisotopic (exact) mass is 325 g/mol. The van der Waals surface area contributed by atoms with E-state index in [9.17, 15) is 15.2 Å². The fourth-order valence-corrected chi connectivity index (χ4v) is 3.19. The molecule has 124 valence electrons. The fourth-order valence-electron chi connectivity index (χ4n) is 3.19. The topological polar surface area (TPSA) is 94.2 Å². The second-order valence-corrected chi connectivity index (χ2v) is 6.21. The van der Waals surface area contributed by atoms with Gasteiger partial charge in [0.2, 0.25) is 0 Å². The highest BCUT2D eigenvalue weighted by molar-refractivity contribution is 5.81. The van der Waals surface area contributed by atoms with Gasteiger partial charge in [-0.05, 0) is 37.8 Å². The first-order chi connectivity index (χ1) is 11.7. The molecule has 1 fully saturated rings. The van der Waals surface area contributed by atoms with Gasteiger partial charge in [0.15, 0.2) is 11.6 Å². The van der Waals surface area contributed by atoms with Gasteiger partial charge in [0, 0.05) is 0 Å². The minimum Gasteiger partial charge on any atom is -0.506 e. The Balaban J connectivity index is 1.95. The van der Waals surface area contributed by atoms with E-state index in [-0.39, 0.29) is 22.7 Å². The highest BCUT2D eigenvalue weighted by atomic mass is 16.3. The molecule has 0 spiro atoms. The van der Waals surface area contributed by atoms with E-state index in [1.807, 2.05) is 6.07 Å². The second-order valence-electron chi connectivity index (χ2n) is 6.21. The number of allylic oxidation sites excluding steroid dienone is 1. The first-order valence-electron chi connectivity index (χ1n) is 8.34. The maximum absolute atomic E-state index is 12.2. The average molecular weight is 325 g/mol. The molecule has 3 N–H and O–H groups in total. The number of hydrogen-bond acceptors (Lipinski definition) is 4. The van der Waals surface area contributed by atoms with E-state index in [0.29, 0.717) is 17.4 Å². The van der Waals surface area contributed by atoms with E-state index in [2.05, 4.69) is 9.97 Å². The Bertz CT molecular complexity index is 855. The SMILES string of the molecule is N#C/C(=C(/O)C[NH+]1CCCCCC1)c1nc2ccccc2c(=O)[nH]1. The van der Waals surface area contributed by atoms with Crippen LogP contribution < -0.4 is 10.5 Å². The Morgan fingerprint density at radius 2 is 1.96 bits per heavy atom. The Morgan fingerprint density at radius 1 is 1.25 bits per heavy atom. The molecule has 1 aliphatic rings. The third-order valence-electron chi connectivity index (χ3n) is 4.48. The van der Waals surface area contributed by atoms with Crippen molar-refractivity contribution in [2.45, 2.75) is 25.7 Å². The van der Waals surface area contributed by atoms with Crippen LogP contribution in [0.4, 0.5) is 0 Å². The Labute approximate surface area is 140 Å². The quantitative estimate of drug-likeness (QED) is 0.583. The lowest BCUT2D eigenvalue weighted by Gasteiger charge is -2.16. The predicted molar refractivity (Wildman–Crippen MR) is 91.6 cm³/mol. The van der Waals surface area contributed by atoms with Crippen LogP contribution in [0, 0.1) is 11.3 Å². The standard InChI is InChI=1S/C18H20N4O2/c19-11-14(16(23)12-22-9-5-1-2-6-10-22)17-20-15-8-4-3-7-13(15)18(24)21-17/h3-4,7-8,23H,1-2,5-6,9-10,12H2,(H,20,21,24)/p+1/b16-14-. The van der Waals surface area contributed by atoms with Crippen molar-refractivity contribution in [1.29, 1.82) is 5.26 Å². The van der Waals surface area contributed by atoms with Gasteiger partial charge in [-0.2, -0.15) is 5.26 Å². The van der Waals surface area contributed by atoms with Gasteiger partial charge in [-0.3, -0.25) is 4.79 Å². The first kappa shape index (κ1) is 16.2. The van der Waals surface area contributed by atoms with Crippen molar-refractivity contribution in [1.82, 2.24) is 9.97 Å². The molecule has 0 aliphatic carbocycles. The number of aliphatic hydroxyl groups is 1. The lowest BCUT2D eigenvalue weighted by atomic mass is 10.2. The van der Waals surface area contributed by atoms with Crippen LogP contribution in [0.2, 0.25) is 0 Å². The maximum Gasteiger partial charge on any atom is 0.259 e. The van der Waals surface area contributed by atoms with Gasteiger partial charge in [-0.1, -0.05) is 12.1 Å². The number of nitrogens with one attached hydrogen (secondary N) is 2. The average Bonchev–Trinajstić information content (AvgIpc) is 2.84. The normalized spacial score (nSPS) is 17.1. The van der Waals surface area contributed by atoms with Crippen LogP contribution in [0.5, 0.6) is 0 Å². The zero-order chi connectivity index (χ0) is 16.9. The van der Waals surface area contributed by atoms with E-state index < -0.39 is 0 Å². The Hall–Kier alpha value is -2.65. The molecule has 0 unspecified atom stereocenters. The number of benzene rings is 1. The highest BCUT2D eigenvalue weighted by Gasteiger charge is 2.19. The van der Waals surface area contributed by atoms with E-state index in [0.717, 1.165) is 25.9 Å². The number of hydrogen-bond donors (Lipinski definition) is 3. The van der Waals surface area contributed by atoms with Crippen molar-refractivity contribution < 1.29 is 10.0 Å². The van der Waals surface area contributed by atoms with Gasteiger partial charge in [0.25, 0.3) is 5.56 Å². The maximum atomic E-state index is 12.2. The lowest BCUT2D eigenvalue weighted by Crippen LogP contribution is -3.12. The number of fused-ring (bicyclic) bond motifs is 1. The smallest absolute Gasteiger partial charge is 0.259 e. The summed E-state index contributed by atoms with van der Waals surface area (Å²) in [7, 11) is 0. The molecule has 2 heterocycles. The molecule has 6 heteroatoms. The van der Waals surface area contributed by atoms with Crippen molar-refractivity contribution in [2.24, 2.45) is 0 Å². The van der Waals surface area contributed by atoms with Crippen LogP contribution in [0.15, 0.2) is 34.8 Å². The third-order valence-corrected chi connectivity index (χ3v) is 4.48. The molecule has 1 aromatic heterocycles. The first-order valence-corrected chi connectivity index (χ1v) is 8.34. The van der Waals surface area contributed by atoms with Crippen LogP contribution in [-0.4, -0.2) is 34.7 Å². The summed E-state index contributed by atoms with van der Waals surface area (Å²) in [5.74, 6) is 0.126. The predicted octanol–water partition coefficient (Wildman–Crippen LogP) is 1.17. The van der Waals surface area contributed by atoms with Crippen molar-refractivity contribution in [3.05, 3.63) is 46.2 Å². The third kappa shape index (κ3) is 3.47. The van der Waals surface area contributed by atoms with Gasteiger partial charge in [0.05, 0.1) is 24.0 Å². The Kier molecular flexibility index (Phi) is 4.92. The van der Waals surface area contributed by atoms with Gasteiger partial charge in [-0.15, -0.1) is 0 Å². The molecular formula is C18H21N4O2+. The van der Waals surface area contributed by atoms with E-state index in [4.69, 9.17) is 0 Å². The minimum absolute atomic E-state index is 0.00664. The van der Waals surface area contributed by atoms with Crippen molar-refractivity contribution in [2.75, 3.05) is 19.6 Å². The largest absolute Gasteiger partial charge is 0.506 e. The number of para-hydroxylation sites is 1. The van der Waals surface area contributed by atoms with E-state index in [1.165, 1.54) is 17.7 Å². The van der Waals surface area contributed by atoms with Crippen LogP contribution in [0.3, 0.4) is 0 Å². The summed E-state index contributed by atoms with van der Waals surface area (Å²) in [5.41, 5.74) is 0.256. The van der Waals surface area contributed by atoms with Gasteiger partial charge in [0.1, 0.15) is 18.2 Å². The molecule has 0 amide bonds. The number of H-pyrrole nitrogens is 1. The van der Waals surface area contributed by atoms with Crippen molar-refractivity contribution in [3.63, 3.8) is 0 Å². The number of aromatic nitrogens is 2. The number of aliphatic hydroxyl groups excluding tert-OH is 1. The summed E-state index contributed by atoms with van der Waals surface area (Å²) in [4.78, 5) is 20.4. The van der Waals surface area contributed by atoms with E-state index in [1.54, 1.807) is 24.3 Å². The number of quaternary nitrogens is 1. The number of nitriles is 1. The van der Waals surface area contributed by atoms with Crippen LogP contribution in [-0.2, 0) is 0 Å². The molecule has 1 saturated heterocycles. The van der Waals surface area contributed by atoms with Crippen molar-refractivity contribution >= 4 is 16.5 Å². The second kappa shape index (κ2) is 7.28. The summed E-state index contributed by atoms with van der Waals surface area (Å²) >= 11 is 0. The summed E-state index contributed by atoms with van der Waals surface area (Å²) in [5, 5.41) is 20.4. The molecule has 0 saturated carbocycles. The Morgan fingerprint density at radius 3 is 2.67 bits per heavy atom. The summed E-state index contributed by atoms with van der Waals surface area (Å²) in [6.45, 7) is 2.37. The van der Waals surface area contributed by atoms with Gasteiger partial charge >= 0.3 is 0 Å². The number of aromatic amines is 1. The zero-order valence-electron chi connectivity index (χ0n) is 13.5. The van der Waals surface area contributed by atoms with Gasteiger partial charge < -0.3 is 15.0 Å². The molecule has 0 bridgehead atoms. The molecule has 24 heavy (non-hydrogen) atoms. The molecule has 1 aliphatic heterocycles. The zero-order valence-corrected chi connectivity index (χ0v) is 13.5. The van der Waals surface area contributed by atoms with E-state index >= 15 is 0 Å². The molecular weight excluding hydrogens is 304 g/mol. The molecule has 3 rings (SSSR count). The summed E-state index contributed by atoms with van der Waals surface area (Å²) in [6, 6.07) is 8.96. The van der Waals surface area contributed by atoms with Crippen LogP contribution >= 0.6 is 0 Å². The molecule has 2 aromatic rings. The highest BCUT2D eigenvalue weighted by Crippen LogP contribution is 2.14.